The SMILES string of the molecule is CC(C)C1Cc2occc2C(C)(O)C1. The van der Waals surface area contributed by atoms with Gasteiger partial charge in [-0.3, -0.25) is 0 Å². The fourth-order valence-corrected chi connectivity index (χ4v) is 2.38. The highest BCUT2D eigenvalue weighted by Crippen LogP contribution is 2.40. The van der Waals surface area contributed by atoms with Crippen LogP contribution in [-0.2, 0) is 12.0 Å². The van der Waals surface area contributed by atoms with Crippen molar-refractivity contribution in [2.45, 2.75) is 39.2 Å². The van der Waals surface area contributed by atoms with Gasteiger partial charge in [0.1, 0.15) is 5.76 Å². The zero-order valence-corrected chi connectivity index (χ0v) is 9.08. The zero-order chi connectivity index (χ0) is 10.3. The molecular weight excluding hydrogens is 176 g/mol. The molecule has 2 atom stereocenters. The van der Waals surface area contributed by atoms with Crippen LogP contribution in [0.4, 0.5) is 0 Å². The topological polar surface area (TPSA) is 33.4 Å². The van der Waals surface area contributed by atoms with Crippen molar-refractivity contribution in [3.8, 4) is 0 Å². The van der Waals surface area contributed by atoms with Crippen molar-refractivity contribution in [1.82, 2.24) is 0 Å². The Kier molecular flexibility index (Phi) is 2.18. The maximum atomic E-state index is 10.3. The van der Waals surface area contributed by atoms with Crippen molar-refractivity contribution in [3.63, 3.8) is 0 Å². The molecule has 0 saturated carbocycles. The second-order valence-electron chi connectivity index (χ2n) is 4.94. The first-order valence-electron chi connectivity index (χ1n) is 5.30. The summed E-state index contributed by atoms with van der Waals surface area (Å²) in [6, 6.07) is 1.89. The molecule has 1 N–H and O–H groups in total. The van der Waals surface area contributed by atoms with Crippen molar-refractivity contribution in [2.24, 2.45) is 11.8 Å². The van der Waals surface area contributed by atoms with Crippen LogP contribution in [0.3, 0.4) is 0 Å². The van der Waals surface area contributed by atoms with Crippen LogP contribution in [-0.4, -0.2) is 5.11 Å². The summed E-state index contributed by atoms with van der Waals surface area (Å²) in [7, 11) is 0. The third-order valence-electron chi connectivity index (χ3n) is 3.38. The van der Waals surface area contributed by atoms with Crippen LogP contribution in [0, 0.1) is 11.8 Å². The van der Waals surface area contributed by atoms with E-state index in [1.807, 2.05) is 13.0 Å². The first-order valence-corrected chi connectivity index (χ1v) is 5.30. The van der Waals surface area contributed by atoms with Crippen LogP contribution in [0.25, 0.3) is 0 Å². The number of furan rings is 1. The van der Waals surface area contributed by atoms with Gasteiger partial charge in [-0.1, -0.05) is 13.8 Å². The van der Waals surface area contributed by atoms with E-state index in [0.29, 0.717) is 11.8 Å². The molecule has 14 heavy (non-hydrogen) atoms. The lowest BCUT2D eigenvalue weighted by atomic mass is 9.74. The second kappa shape index (κ2) is 3.13. The van der Waals surface area contributed by atoms with Crippen molar-refractivity contribution in [3.05, 3.63) is 23.7 Å². The molecule has 0 aliphatic heterocycles. The van der Waals surface area contributed by atoms with E-state index < -0.39 is 5.60 Å². The number of hydrogen-bond donors (Lipinski definition) is 1. The molecule has 78 valence electrons. The molecule has 0 radical (unpaired) electrons. The van der Waals surface area contributed by atoms with Crippen molar-refractivity contribution in [1.29, 1.82) is 0 Å². The van der Waals surface area contributed by atoms with Crippen molar-refractivity contribution in [2.75, 3.05) is 0 Å². The summed E-state index contributed by atoms with van der Waals surface area (Å²) in [4.78, 5) is 0. The summed E-state index contributed by atoms with van der Waals surface area (Å²) >= 11 is 0. The molecule has 1 heterocycles. The summed E-state index contributed by atoms with van der Waals surface area (Å²) in [5.41, 5.74) is 0.282. The maximum Gasteiger partial charge on any atom is 0.110 e. The molecule has 1 aromatic rings. The Labute approximate surface area is 84.9 Å². The first kappa shape index (κ1) is 9.78. The average molecular weight is 194 g/mol. The Morgan fingerprint density at radius 3 is 2.93 bits per heavy atom. The van der Waals surface area contributed by atoms with Gasteiger partial charge in [0.15, 0.2) is 0 Å². The van der Waals surface area contributed by atoms with Crippen LogP contribution in [0.1, 0.15) is 38.5 Å². The van der Waals surface area contributed by atoms with Gasteiger partial charge in [-0.15, -0.1) is 0 Å². The van der Waals surface area contributed by atoms with E-state index in [0.717, 1.165) is 24.2 Å². The van der Waals surface area contributed by atoms with Gasteiger partial charge in [-0.25, -0.2) is 0 Å². The van der Waals surface area contributed by atoms with Crippen LogP contribution < -0.4 is 0 Å². The van der Waals surface area contributed by atoms with Crippen molar-refractivity contribution < 1.29 is 9.52 Å². The first-order chi connectivity index (χ1) is 6.50. The van der Waals surface area contributed by atoms with Gasteiger partial charge < -0.3 is 9.52 Å². The Hall–Kier alpha value is -0.760. The summed E-state index contributed by atoms with van der Waals surface area (Å²) < 4.78 is 5.41. The smallest absolute Gasteiger partial charge is 0.110 e. The van der Waals surface area contributed by atoms with E-state index in [2.05, 4.69) is 13.8 Å². The molecule has 2 unspecified atom stereocenters. The monoisotopic (exact) mass is 194 g/mol. The Morgan fingerprint density at radius 1 is 1.57 bits per heavy atom. The quantitative estimate of drug-likeness (QED) is 0.745. The minimum Gasteiger partial charge on any atom is -0.469 e. The minimum atomic E-state index is -0.699. The predicted molar refractivity (Wildman–Crippen MR) is 54.9 cm³/mol. The minimum absolute atomic E-state index is 0.531. The highest BCUT2D eigenvalue weighted by molar-refractivity contribution is 5.27. The van der Waals surface area contributed by atoms with E-state index in [4.69, 9.17) is 4.42 Å². The Morgan fingerprint density at radius 2 is 2.29 bits per heavy atom. The molecule has 0 saturated heterocycles. The molecule has 2 rings (SSSR count). The number of rotatable bonds is 1. The van der Waals surface area contributed by atoms with Gasteiger partial charge >= 0.3 is 0 Å². The molecule has 2 nitrogen and oxygen atoms in total. The lowest BCUT2D eigenvalue weighted by molar-refractivity contribution is 0.00875. The molecule has 1 aromatic heterocycles. The lowest BCUT2D eigenvalue weighted by Gasteiger charge is -2.35. The van der Waals surface area contributed by atoms with E-state index in [1.54, 1.807) is 6.26 Å². The third-order valence-corrected chi connectivity index (χ3v) is 3.38. The summed E-state index contributed by atoms with van der Waals surface area (Å²) in [5.74, 6) is 2.10. The van der Waals surface area contributed by atoms with E-state index in [-0.39, 0.29) is 0 Å². The molecule has 0 fully saturated rings. The van der Waals surface area contributed by atoms with Gasteiger partial charge in [-0.2, -0.15) is 0 Å². The van der Waals surface area contributed by atoms with Gasteiger partial charge in [-0.05, 0) is 31.2 Å². The highest BCUT2D eigenvalue weighted by atomic mass is 16.3. The normalized spacial score (nSPS) is 31.9. The molecule has 0 spiro atoms. The molecule has 1 aliphatic carbocycles. The molecule has 0 bridgehead atoms. The van der Waals surface area contributed by atoms with Crippen LogP contribution >= 0.6 is 0 Å². The standard InChI is InChI=1S/C12H18O2/c1-8(2)9-6-11-10(4-5-14-11)12(3,13)7-9/h4-5,8-9,13H,6-7H2,1-3H3. The lowest BCUT2D eigenvalue weighted by Crippen LogP contribution is -2.33. The van der Waals surface area contributed by atoms with Crippen LogP contribution in [0.5, 0.6) is 0 Å². The zero-order valence-electron chi connectivity index (χ0n) is 9.08. The number of aliphatic hydroxyl groups is 1. The predicted octanol–water partition coefficient (Wildman–Crippen LogP) is 2.71. The molecule has 0 aromatic carbocycles. The third kappa shape index (κ3) is 1.48. The average Bonchev–Trinajstić information content (AvgIpc) is 2.51. The fourth-order valence-electron chi connectivity index (χ4n) is 2.38. The van der Waals surface area contributed by atoms with Crippen LogP contribution in [0.2, 0.25) is 0 Å². The van der Waals surface area contributed by atoms with Gasteiger partial charge in [0.05, 0.1) is 11.9 Å². The summed E-state index contributed by atoms with van der Waals surface area (Å²) in [6.07, 6.45) is 3.50. The number of fused-ring (bicyclic) bond motifs is 1. The van der Waals surface area contributed by atoms with E-state index >= 15 is 0 Å². The molecule has 0 amide bonds. The van der Waals surface area contributed by atoms with Crippen molar-refractivity contribution >= 4 is 0 Å². The second-order valence-corrected chi connectivity index (χ2v) is 4.94. The highest BCUT2D eigenvalue weighted by Gasteiger charge is 2.37. The van der Waals surface area contributed by atoms with Gasteiger partial charge in [0.2, 0.25) is 0 Å². The fraction of sp³-hybridized carbons (Fsp3) is 0.667. The largest absolute Gasteiger partial charge is 0.469 e. The molecule has 2 heteroatoms. The van der Waals surface area contributed by atoms with Gasteiger partial charge in [0.25, 0.3) is 0 Å². The number of hydrogen-bond acceptors (Lipinski definition) is 2. The summed E-state index contributed by atoms with van der Waals surface area (Å²) in [5, 5.41) is 10.3. The summed E-state index contributed by atoms with van der Waals surface area (Å²) in [6.45, 7) is 6.29. The van der Waals surface area contributed by atoms with Gasteiger partial charge in [0, 0.05) is 12.0 Å². The Balaban J connectivity index is 2.34. The maximum absolute atomic E-state index is 10.3. The molecule has 1 aliphatic rings. The molecular formula is C12H18O2. The Bertz CT molecular complexity index is 323. The van der Waals surface area contributed by atoms with E-state index in [1.165, 1.54) is 0 Å². The van der Waals surface area contributed by atoms with Crippen LogP contribution in [0.15, 0.2) is 16.7 Å². The van der Waals surface area contributed by atoms with E-state index in [9.17, 15) is 5.11 Å².